The number of benzene rings is 1. The van der Waals surface area contributed by atoms with Crippen LogP contribution in [0.1, 0.15) is 50.2 Å². The molecular formula is C17H25NO2. The molecule has 1 aliphatic rings. The van der Waals surface area contributed by atoms with Gasteiger partial charge in [0.05, 0.1) is 0 Å². The van der Waals surface area contributed by atoms with Crippen molar-refractivity contribution in [3.63, 3.8) is 0 Å². The Morgan fingerprint density at radius 2 is 1.95 bits per heavy atom. The predicted molar refractivity (Wildman–Crippen MR) is 80.7 cm³/mol. The summed E-state index contributed by atoms with van der Waals surface area (Å²) >= 11 is 0. The molecule has 20 heavy (non-hydrogen) atoms. The van der Waals surface area contributed by atoms with E-state index >= 15 is 0 Å². The van der Waals surface area contributed by atoms with Crippen LogP contribution in [0.25, 0.3) is 0 Å². The second kappa shape index (κ2) is 7.44. The molecule has 0 aromatic heterocycles. The molecule has 1 aliphatic heterocycles. The number of rotatable bonds is 6. The summed E-state index contributed by atoms with van der Waals surface area (Å²) in [5, 5.41) is 8.86. The van der Waals surface area contributed by atoms with Gasteiger partial charge in [0.2, 0.25) is 0 Å². The van der Waals surface area contributed by atoms with Crippen molar-refractivity contribution in [1.29, 1.82) is 0 Å². The topological polar surface area (TPSA) is 40.5 Å². The van der Waals surface area contributed by atoms with Crippen LogP contribution in [0.4, 0.5) is 0 Å². The van der Waals surface area contributed by atoms with Gasteiger partial charge in [-0.1, -0.05) is 37.6 Å². The number of nitrogens with zero attached hydrogens (tertiary/aromatic N) is 1. The number of likely N-dealkylation sites (tertiary alicyclic amines) is 1. The van der Waals surface area contributed by atoms with E-state index in [1.807, 2.05) is 0 Å². The number of aryl methyl sites for hydroxylation is 1. The number of carboxylic acids is 1. The molecule has 0 bridgehead atoms. The Labute approximate surface area is 121 Å². The van der Waals surface area contributed by atoms with E-state index in [1.165, 1.54) is 24.0 Å². The van der Waals surface area contributed by atoms with Crippen molar-refractivity contribution in [1.82, 2.24) is 4.90 Å². The summed E-state index contributed by atoms with van der Waals surface area (Å²) in [7, 11) is 0. The molecule has 1 aromatic carbocycles. The second-order valence-electron chi connectivity index (χ2n) is 5.72. The van der Waals surface area contributed by atoms with Gasteiger partial charge in [-0.25, -0.2) is 0 Å². The smallest absolute Gasteiger partial charge is 0.303 e. The van der Waals surface area contributed by atoms with Gasteiger partial charge in [0.25, 0.3) is 0 Å². The summed E-state index contributed by atoms with van der Waals surface area (Å²) < 4.78 is 0. The van der Waals surface area contributed by atoms with E-state index in [-0.39, 0.29) is 6.42 Å². The van der Waals surface area contributed by atoms with Crippen molar-refractivity contribution in [3.05, 3.63) is 35.4 Å². The maximum Gasteiger partial charge on any atom is 0.303 e. The molecule has 0 amide bonds. The molecule has 110 valence electrons. The SMILES string of the molecule is CCc1ccc(CN2CCCCC2CCC(=O)O)cc1. The monoisotopic (exact) mass is 275 g/mol. The van der Waals surface area contributed by atoms with Gasteiger partial charge in [0.1, 0.15) is 0 Å². The van der Waals surface area contributed by atoms with E-state index in [0.29, 0.717) is 6.04 Å². The molecule has 0 aliphatic carbocycles. The largest absolute Gasteiger partial charge is 0.481 e. The summed E-state index contributed by atoms with van der Waals surface area (Å²) in [6, 6.07) is 9.26. The van der Waals surface area contributed by atoms with Crippen LogP contribution in [0.3, 0.4) is 0 Å². The van der Waals surface area contributed by atoms with Crippen molar-refractivity contribution >= 4 is 5.97 Å². The highest BCUT2D eigenvalue weighted by Crippen LogP contribution is 2.23. The van der Waals surface area contributed by atoms with Gasteiger partial charge in [0.15, 0.2) is 0 Å². The van der Waals surface area contributed by atoms with E-state index in [1.54, 1.807) is 0 Å². The summed E-state index contributed by atoms with van der Waals surface area (Å²) in [4.78, 5) is 13.2. The fourth-order valence-electron chi connectivity index (χ4n) is 3.00. The predicted octanol–water partition coefficient (Wildman–Crippen LogP) is 3.47. The van der Waals surface area contributed by atoms with Crippen LogP contribution in [-0.4, -0.2) is 28.6 Å². The number of aliphatic carboxylic acids is 1. The van der Waals surface area contributed by atoms with Crippen molar-refractivity contribution in [2.24, 2.45) is 0 Å². The average molecular weight is 275 g/mol. The Morgan fingerprint density at radius 3 is 2.60 bits per heavy atom. The zero-order chi connectivity index (χ0) is 14.4. The van der Waals surface area contributed by atoms with Gasteiger partial charge >= 0.3 is 5.97 Å². The van der Waals surface area contributed by atoms with Crippen LogP contribution in [0.5, 0.6) is 0 Å². The summed E-state index contributed by atoms with van der Waals surface area (Å²) in [6.07, 6.45) is 5.75. The normalized spacial score (nSPS) is 19.9. The molecule has 1 unspecified atom stereocenters. The molecule has 0 saturated carbocycles. The Balaban J connectivity index is 1.94. The Kier molecular flexibility index (Phi) is 5.60. The van der Waals surface area contributed by atoms with Gasteiger partial charge < -0.3 is 5.11 Å². The molecule has 3 heteroatoms. The van der Waals surface area contributed by atoms with E-state index in [9.17, 15) is 4.79 Å². The Hall–Kier alpha value is -1.35. The lowest BCUT2D eigenvalue weighted by Crippen LogP contribution is -2.39. The minimum absolute atomic E-state index is 0.288. The number of hydrogen-bond acceptors (Lipinski definition) is 2. The zero-order valence-electron chi connectivity index (χ0n) is 12.3. The fourth-order valence-corrected chi connectivity index (χ4v) is 3.00. The molecule has 3 nitrogen and oxygen atoms in total. The maximum absolute atomic E-state index is 10.8. The molecule has 1 N–H and O–H groups in total. The maximum atomic E-state index is 10.8. The van der Waals surface area contributed by atoms with Crippen LogP contribution >= 0.6 is 0 Å². The van der Waals surface area contributed by atoms with E-state index in [2.05, 4.69) is 36.1 Å². The fraction of sp³-hybridized carbons (Fsp3) is 0.588. The first-order chi connectivity index (χ1) is 9.69. The van der Waals surface area contributed by atoms with Gasteiger partial charge in [-0.15, -0.1) is 0 Å². The number of carbonyl (C=O) groups is 1. The van der Waals surface area contributed by atoms with E-state index in [0.717, 1.165) is 32.4 Å². The van der Waals surface area contributed by atoms with Crippen LogP contribution in [0.2, 0.25) is 0 Å². The minimum atomic E-state index is -0.678. The van der Waals surface area contributed by atoms with Crippen molar-refractivity contribution < 1.29 is 9.90 Å². The van der Waals surface area contributed by atoms with Crippen molar-refractivity contribution in [2.75, 3.05) is 6.54 Å². The van der Waals surface area contributed by atoms with Crippen LogP contribution < -0.4 is 0 Å². The third-order valence-corrected chi connectivity index (χ3v) is 4.26. The number of hydrogen-bond donors (Lipinski definition) is 1. The molecule has 1 fully saturated rings. The lowest BCUT2D eigenvalue weighted by atomic mass is 9.97. The molecule has 1 atom stereocenters. The van der Waals surface area contributed by atoms with E-state index in [4.69, 9.17) is 5.11 Å². The molecular weight excluding hydrogens is 250 g/mol. The average Bonchev–Trinajstić information content (AvgIpc) is 2.47. The first kappa shape index (κ1) is 15.0. The highest BCUT2D eigenvalue weighted by molar-refractivity contribution is 5.66. The van der Waals surface area contributed by atoms with Gasteiger partial charge in [-0.05, 0) is 43.4 Å². The molecule has 2 rings (SSSR count). The first-order valence-corrected chi connectivity index (χ1v) is 7.72. The molecule has 0 radical (unpaired) electrons. The van der Waals surface area contributed by atoms with Crippen molar-refractivity contribution in [2.45, 2.75) is 58.0 Å². The number of piperidine rings is 1. The van der Waals surface area contributed by atoms with Crippen LogP contribution in [-0.2, 0) is 17.8 Å². The van der Waals surface area contributed by atoms with Crippen molar-refractivity contribution in [3.8, 4) is 0 Å². The quantitative estimate of drug-likeness (QED) is 0.864. The number of carboxylic acid groups (broad SMARTS) is 1. The van der Waals surface area contributed by atoms with Gasteiger partial charge in [0, 0.05) is 19.0 Å². The van der Waals surface area contributed by atoms with Crippen LogP contribution in [0, 0.1) is 0 Å². The highest BCUT2D eigenvalue weighted by atomic mass is 16.4. The van der Waals surface area contributed by atoms with Crippen LogP contribution in [0.15, 0.2) is 24.3 Å². The third-order valence-electron chi connectivity index (χ3n) is 4.26. The molecule has 0 spiro atoms. The zero-order valence-corrected chi connectivity index (χ0v) is 12.3. The molecule has 1 heterocycles. The second-order valence-corrected chi connectivity index (χ2v) is 5.72. The lowest BCUT2D eigenvalue weighted by molar-refractivity contribution is -0.137. The first-order valence-electron chi connectivity index (χ1n) is 7.72. The van der Waals surface area contributed by atoms with Gasteiger partial charge in [-0.2, -0.15) is 0 Å². The lowest BCUT2D eigenvalue weighted by Gasteiger charge is -2.35. The highest BCUT2D eigenvalue weighted by Gasteiger charge is 2.22. The standard InChI is InChI=1S/C17H25NO2/c1-2-14-6-8-15(9-7-14)13-18-12-4-3-5-16(18)10-11-17(19)20/h6-9,16H,2-5,10-13H2,1H3,(H,19,20). The Bertz CT molecular complexity index is 427. The summed E-state index contributed by atoms with van der Waals surface area (Å²) in [6.45, 7) is 4.22. The van der Waals surface area contributed by atoms with E-state index < -0.39 is 5.97 Å². The Morgan fingerprint density at radius 1 is 1.25 bits per heavy atom. The summed E-state index contributed by atoms with van der Waals surface area (Å²) in [5.74, 6) is -0.678. The minimum Gasteiger partial charge on any atom is -0.481 e. The molecule has 1 saturated heterocycles. The molecule has 1 aromatic rings. The van der Waals surface area contributed by atoms with Gasteiger partial charge in [-0.3, -0.25) is 9.69 Å². The third kappa shape index (κ3) is 4.34. The summed E-state index contributed by atoms with van der Waals surface area (Å²) in [5.41, 5.74) is 2.71.